The largest absolute Gasteiger partial charge is 0.371 e. The zero-order chi connectivity index (χ0) is 26.0. The maximum absolute atomic E-state index is 4.54. The van der Waals surface area contributed by atoms with E-state index in [0.717, 1.165) is 54.9 Å². The first-order valence-corrected chi connectivity index (χ1v) is 14.1. The number of aromatic nitrogens is 2. The van der Waals surface area contributed by atoms with Gasteiger partial charge in [-0.2, -0.15) is 0 Å². The molecule has 5 rings (SSSR count). The normalized spacial score (nSPS) is 13.8. The van der Waals surface area contributed by atoms with Gasteiger partial charge in [-0.3, -0.25) is 0 Å². The van der Waals surface area contributed by atoms with Crippen LogP contribution >= 0.6 is 0 Å². The smallest absolute Gasteiger partial charge is 0.134 e. The number of hydrogen-bond donors (Lipinski definition) is 2. The molecule has 38 heavy (non-hydrogen) atoms. The molecule has 4 aromatic rings. The van der Waals surface area contributed by atoms with Crippen molar-refractivity contribution in [2.45, 2.75) is 39.0 Å². The Morgan fingerprint density at radius 2 is 1.55 bits per heavy atom. The van der Waals surface area contributed by atoms with Gasteiger partial charge in [0.2, 0.25) is 0 Å². The summed E-state index contributed by atoms with van der Waals surface area (Å²) < 4.78 is 0. The highest BCUT2D eigenvalue weighted by molar-refractivity contribution is 5.73. The van der Waals surface area contributed by atoms with Crippen LogP contribution in [0.5, 0.6) is 0 Å². The van der Waals surface area contributed by atoms with E-state index in [1.807, 2.05) is 12.1 Å². The second-order valence-electron chi connectivity index (χ2n) is 10.2. The van der Waals surface area contributed by atoms with Gasteiger partial charge < -0.3 is 15.5 Å². The van der Waals surface area contributed by atoms with E-state index in [1.165, 1.54) is 48.9 Å². The van der Waals surface area contributed by atoms with Gasteiger partial charge in [0, 0.05) is 42.6 Å². The van der Waals surface area contributed by atoms with E-state index in [0.29, 0.717) is 0 Å². The number of likely N-dealkylation sites (N-methyl/N-ethyl adjacent to an activating group) is 1. The number of anilines is 3. The minimum atomic E-state index is 0.784. The lowest BCUT2D eigenvalue weighted by Crippen LogP contribution is -2.34. The van der Waals surface area contributed by atoms with Gasteiger partial charge in [0.05, 0.1) is 5.69 Å². The molecule has 1 aliphatic carbocycles. The fourth-order valence-corrected chi connectivity index (χ4v) is 5.36. The molecule has 0 aliphatic heterocycles. The molecule has 0 spiro atoms. The molecule has 0 atom stereocenters. The molecule has 5 nitrogen and oxygen atoms in total. The Labute approximate surface area is 227 Å². The van der Waals surface area contributed by atoms with E-state index in [-0.39, 0.29) is 0 Å². The molecule has 1 fully saturated rings. The molecule has 1 saturated carbocycles. The Kier molecular flexibility index (Phi) is 9.01. The van der Waals surface area contributed by atoms with E-state index >= 15 is 0 Å². The number of nitrogens with zero attached hydrogens (tertiary/aromatic N) is 3. The van der Waals surface area contributed by atoms with Crippen molar-refractivity contribution in [1.29, 1.82) is 0 Å². The van der Waals surface area contributed by atoms with Crippen molar-refractivity contribution in [1.82, 2.24) is 15.3 Å². The highest BCUT2D eigenvalue weighted by Crippen LogP contribution is 2.27. The van der Waals surface area contributed by atoms with Crippen molar-refractivity contribution < 1.29 is 0 Å². The maximum atomic E-state index is 4.54. The lowest BCUT2D eigenvalue weighted by molar-refractivity contribution is 0.343. The van der Waals surface area contributed by atoms with Crippen LogP contribution < -0.4 is 15.5 Å². The van der Waals surface area contributed by atoms with Crippen molar-refractivity contribution in [2.24, 2.45) is 5.92 Å². The third-order valence-corrected chi connectivity index (χ3v) is 7.54. The molecule has 196 valence electrons. The summed E-state index contributed by atoms with van der Waals surface area (Å²) >= 11 is 0. The molecule has 0 bridgehead atoms. The highest BCUT2D eigenvalue weighted by atomic mass is 15.1. The Morgan fingerprint density at radius 3 is 2.34 bits per heavy atom. The van der Waals surface area contributed by atoms with E-state index < -0.39 is 0 Å². The number of nitrogens with one attached hydrogen (secondary N) is 2. The summed E-state index contributed by atoms with van der Waals surface area (Å²) in [5, 5.41) is 7.15. The topological polar surface area (TPSA) is 53.1 Å². The van der Waals surface area contributed by atoms with Gasteiger partial charge in [-0.25, -0.2) is 9.97 Å². The Morgan fingerprint density at radius 1 is 0.789 bits per heavy atom. The molecule has 5 heteroatoms. The molecular formula is C33H39N5. The van der Waals surface area contributed by atoms with Crippen LogP contribution in [0.3, 0.4) is 0 Å². The summed E-state index contributed by atoms with van der Waals surface area (Å²) in [6.07, 6.45) is 8.66. The average Bonchev–Trinajstić information content (AvgIpc) is 2.99. The predicted molar refractivity (Wildman–Crippen MR) is 160 cm³/mol. The molecule has 0 saturated heterocycles. The van der Waals surface area contributed by atoms with Gasteiger partial charge >= 0.3 is 0 Å². The molecule has 1 heterocycles. The zero-order valence-electron chi connectivity index (χ0n) is 22.4. The number of rotatable bonds is 11. The van der Waals surface area contributed by atoms with E-state index in [4.69, 9.17) is 0 Å². The standard InChI is InChI=1S/C33H39N5/c1-2-38(21-20-34-24-26-10-5-3-6-11-26)31-18-16-30(17-19-31)37-33-23-32(35-25-36-33)29-15-9-14-28(22-29)27-12-7-4-8-13-27/h4,7-9,12-19,22-23,25-26,34H,2-3,5-6,10-11,20-21,24H2,1H3,(H,35,36,37). The maximum Gasteiger partial charge on any atom is 0.134 e. The molecule has 1 aromatic heterocycles. The van der Waals surface area contributed by atoms with Crippen LogP contribution in [0.25, 0.3) is 22.4 Å². The Bertz CT molecular complexity index is 1270. The van der Waals surface area contributed by atoms with Crippen LogP contribution in [0.15, 0.2) is 91.3 Å². The van der Waals surface area contributed by atoms with E-state index in [2.05, 4.69) is 105 Å². The van der Waals surface area contributed by atoms with Crippen LogP contribution in [0.4, 0.5) is 17.2 Å². The van der Waals surface area contributed by atoms with Crippen molar-refractivity contribution in [3.63, 3.8) is 0 Å². The SMILES string of the molecule is CCN(CCNCC1CCCCC1)c1ccc(Nc2cc(-c3cccc(-c4ccccc4)c3)ncn2)cc1. The van der Waals surface area contributed by atoms with Crippen LogP contribution in [0.1, 0.15) is 39.0 Å². The van der Waals surface area contributed by atoms with Crippen LogP contribution in [-0.4, -0.2) is 36.1 Å². The Balaban J connectivity index is 1.18. The molecular weight excluding hydrogens is 466 g/mol. The molecule has 0 radical (unpaired) electrons. The monoisotopic (exact) mass is 505 g/mol. The third kappa shape index (κ3) is 6.99. The first-order valence-electron chi connectivity index (χ1n) is 14.1. The fourth-order valence-electron chi connectivity index (χ4n) is 5.36. The second-order valence-corrected chi connectivity index (χ2v) is 10.2. The minimum absolute atomic E-state index is 0.784. The van der Waals surface area contributed by atoms with Crippen LogP contribution in [-0.2, 0) is 0 Å². The van der Waals surface area contributed by atoms with Crippen LogP contribution in [0, 0.1) is 5.92 Å². The first-order chi connectivity index (χ1) is 18.8. The minimum Gasteiger partial charge on any atom is -0.371 e. The summed E-state index contributed by atoms with van der Waals surface area (Å²) in [6, 6.07) is 29.6. The Hall–Kier alpha value is -3.70. The van der Waals surface area contributed by atoms with E-state index in [9.17, 15) is 0 Å². The third-order valence-electron chi connectivity index (χ3n) is 7.54. The molecule has 1 aliphatic rings. The van der Waals surface area contributed by atoms with Gasteiger partial charge in [0.15, 0.2) is 0 Å². The summed E-state index contributed by atoms with van der Waals surface area (Å²) in [5.41, 5.74) is 6.61. The lowest BCUT2D eigenvalue weighted by atomic mass is 9.89. The van der Waals surface area contributed by atoms with Gasteiger partial charge in [-0.15, -0.1) is 0 Å². The van der Waals surface area contributed by atoms with Gasteiger partial charge in [0.25, 0.3) is 0 Å². The van der Waals surface area contributed by atoms with Crippen molar-refractivity contribution in [3.8, 4) is 22.4 Å². The molecule has 2 N–H and O–H groups in total. The predicted octanol–water partition coefficient (Wildman–Crippen LogP) is 7.55. The van der Waals surface area contributed by atoms with Crippen molar-refractivity contribution >= 4 is 17.2 Å². The van der Waals surface area contributed by atoms with Gasteiger partial charge in [-0.05, 0) is 73.7 Å². The molecule has 0 amide bonds. The van der Waals surface area contributed by atoms with Crippen molar-refractivity contribution in [2.75, 3.05) is 36.4 Å². The highest BCUT2D eigenvalue weighted by Gasteiger charge is 2.13. The average molecular weight is 506 g/mol. The van der Waals surface area contributed by atoms with Crippen LogP contribution in [0.2, 0.25) is 0 Å². The van der Waals surface area contributed by atoms with E-state index in [1.54, 1.807) is 6.33 Å². The lowest BCUT2D eigenvalue weighted by Gasteiger charge is -2.25. The van der Waals surface area contributed by atoms with Gasteiger partial charge in [-0.1, -0.05) is 67.8 Å². The number of benzene rings is 3. The van der Waals surface area contributed by atoms with Crippen molar-refractivity contribution in [3.05, 3.63) is 91.3 Å². The summed E-state index contributed by atoms with van der Waals surface area (Å²) in [7, 11) is 0. The summed E-state index contributed by atoms with van der Waals surface area (Å²) in [6.45, 7) is 6.43. The zero-order valence-corrected chi connectivity index (χ0v) is 22.4. The fraction of sp³-hybridized carbons (Fsp3) is 0.333. The summed E-state index contributed by atoms with van der Waals surface area (Å²) in [4.78, 5) is 11.4. The quantitative estimate of drug-likeness (QED) is 0.206. The number of hydrogen-bond acceptors (Lipinski definition) is 5. The summed E-state index contributed by atoms with van der Waals surface area (Å²) in [5.74, 6) is 1.66. The second kappa shape index (κ2) is 13.2. The van der Waals surface area contributed by atoms with Gasteiger partial charge in [0.1, 0.15) is 12.1 Å². The first kappa shape index (κ1) is 25.9. The molecule has 3 aromatic carbocycles. The molecule has 0 unspecified atom stereocenters.